The molecule has 112 valence electrons. The number of thiophene rings is 1. The number of aromatic nitrogens is 1. The van der Waals surface area contributed by atoms with Crippen LogP contribution in [0, 0.1) is 0 Å². The molecule has 1 unspecified atom stereocenters. The average molecular weight is 310 g/mol. The van der Waals surface area contributed by atoms with Crippen molar-refractivity contribution in [1.82, 2.24) is 10.3 Å². The Morgan fingerprint density at radius 3 is 2.86 bits per heavy atom. The lowest BCUT2D eigenvalue weighted by molar-refractivity contribution is 0.0941. The van der Waals surface area contributed by atoms with Crippen molar-refractivity contribution in [3.63, 3.8) is 0 Å². The number of pyridine rings is 1. The number of carbonyl (C=O) groups excluding carboxylic acids is 1. The fraction of sp³-hybridized carbons (Fsp3) is 0.222. The van der Waals surface area contributed by atoms with Crippen LogP contribution in [0.5, 0.6) is 0 Å². The number of nitrogens with zero attached hydrogens (tertiary/aromatic N) is 1. The van der Waals surface area contributed by atoms with E-state index in [0.29, 0.717) is 5.56 Å². The SMILES string of the molecule is CCC(C)NC(=O)c1cc(-c2ccsc2)nc2ccccc12. The molecule has 3 nitrogen and oxygen atoms in total. The first-order chi connectivity index (χ1) is 10.7. The molecule has 0 spiro atoms. The summed E-state index contributed by atoms with van der Waals surface area (Å²) in [7, 11) is 0. The molecule has 1 N–H and O–H groups in total. The molecule has 4 heteroatoms. The molecule has 0 saturated carbocycles. The second kappa shape index (κ2) is 6.28. The lowest BCUT2D eigenvalue weighted by Gasteiger charge is -2.13. The number of hydrogen-bond donors (Lipinski definition) is 1. The molecule has 0 aliphatic carbocycles. The number of hydrogen-bond acceptors (Lipinski definition) is 3. The first kappa shape index (κ1) is 14.7. The van der Waals surface area contributed by atoms with Gasteiger partial charge in [0.05, 0.1) is 16.8 Å². The molecule has 0 radical (unpaired) electrons. The van der Waals surface area contributed by atoms with Gasteiger partial charge in [-0.2, -0.15) is 11.3 Å². The van der Waals surface area contributed by atoms with Crippen LogP contribution in [0.1, 0.15) is 30.6 Å². The summed E-state index contributed by atoms with van der Waals surface area (Å²) in [5.74, 6) is -0.0376. The third-order valence-electron chi connectivity index (χ3n) is 3.77. The minimum Gasteiger partial charge on any atom is -0.350 e. The Morgan fingerprint density at radius 2 is 2.14 bits per heavy atom. The van der Waals surface area contributed by atoms with Gasteiger partial charge in [0.25, 0.3) is 5.91 Å². The van der Waals surface area contributed by atoms with Gasteiger partial charge in [0, 0.05) is 22.4 Å². The molecule has 1 amide bonds. The van der Waals surface area contributed by atoms with Crippen LogP contribution in [-0.2, 0) is 0 Å². The molecule has 0 bridgehead atoms. The van der Waals surface area contributed by atoms with Gasteiger partial charge in [-0.1, -0.05) is 25.1 Å². The Labute approximate surface area is 134 Å². The van der Waals surface area contributed by atoms with Gasteiger partial charge in [-0.15, -0.1) is 0 Å². The molecule has 0 saturated heterocycles. The molecule has 3 rings (SSSR count). The third kappa shape index (κ3) is 2.88. The first-order valence-electron chi connectivity index (χ1n) is 7.42. The zero-order valence-electron chi connectivity index (χ0n) is 12.7. The summed E-state index contributed by atoms with van der Waals surface area (Å²) in [4.78, 5) is 17.3. The zero-order chi connectivity index (χ0) is 15.5. The molecule has 1 aromatic carbocycles. The fourth-order valence-corrected chi connectivity index (χ4v) is 2.97. The van der Waals surface area contributed by atoms with Crippen LogP contribution in [0.3, 0.4) is 0 Å². The number of amides is 1. The Balaban J connectivity index is 2.12. The van der Waals surface area contributed by atoms with Crippen molar-refractivity contribution < 1.29 is 4.79 Å². The largest absolute Gasteiger partial charge is 0.350 e. The predicted octanol–water partition coefficient (Wildman–Crippen LogP) is 4.49. The highest BCUT2D eigenvalue weighted by Gasteiger charge is 2.15. The predicted molar refractivity (Wildman–Crippen MR) is 92.3 cm³/mol. The summed E-state index contributed by atoms with van der Waals surface area (Å²) in [5.41, 5.74) is 3.43. The number of para-hydroxylation sites is 1. The van der Waals surface area contributed by atoms with Crippen molar-refractivity contribution in [2.75, 3.05) is 0 Å². The van der Waals surface area contributed by atoms with Crippen molar-refractivity contribution in [1.29, 1.82) is 0 Å². The Kier molecular flexibility index (Phi) is 4.20. The van der Waals surface area contributed by atoms with E-state index in [4.69, 9.17) is 0 Å². The highest BCUT2D eigenvalue weighted by molar-refractivity contribution is 7.08. The first-order valence-corrected chi connectivity index (χ1v) is 8.36. The van der Waals surface area contributed by atoms with Crippen molar-refractivity contribution >= 4 is 28.1 Å². The van der Waals surface area contributed by atoms with E-state index in [1.54, 1.807) is 11.3 Å². The van der Waals surface area contributed by atoms with Crippen molar-refractivity contribution in [3.8, 4) is 11.3 Å². The molecule has 2 aromatic heterocycles. The van der Waals surface area contributed by atoms with Crippen LogP contribution in [0.25, 0.3) is 22.2 Å². The number of nitrogens with one attached hydrogen (secondary N) is 1. The van der Waals surface area contributed by atoms with Crippen LogP contribution < -0.4 is 5.32 Å². The zero-order valence-corrected chi connectivity index (χ0v) is 13.5. The minimum absolute atomic E-state index is 0.0376. The monoisotopic (exact) mass is 310 g/mol. The van der Waals surface area contributed by atoms with Gasteiger partial charge in [0.2, 0.25) is 0 Å². The van der Waals surface area contributed by atoms with E-state index < -0.39 is 0 Å². The lowest BCUT2D eigenvalue weighted by atomic mass is 10.0. The Morgan fingerprint density at radius 1 is 1.32 bits per heavy atom. The normalized spacial score (nSPS) is 12.3. The molecule has 0 fully saturated rings. The number of fused-ring (bicyclic) bond motifs is 1. The third-order valence-corrected chi connectivity index (χ3v) is 4.45. The smallest absolute Gasteiger partial charge is 0.252 e. The van der Waals surface area contributed by atoms with Crippen molar-refractivity contribution in [3.05, 3.63) is 52.7 Å². The Bertz CT molecular complexity index is 796. The highest BCUT2D eigenvalue weighted by Crippen LogP contribution is 2.26. The number of benzene rings is 1. The topological polar surface area (TPSA) is 42.0 Å². The molecular formula is C18H18N2OS. The summed E-state index contributed by atoms with van der Waals surface area (Å²) in [6.45, 7) is 4.08. The second-order valence-electron chi connectivity index (χ2n) is 5.37. The van der Waals surface area contributed by atoms with Gasteiger partial charge in [-0.3, -0.25) is 4.79 Å². The number of rotatable bonds is 4. The fourth-order valence-electron chi connectivity index (χ4n) is 2.32. The van der Waals surface area contributed by atoms with Crippen molar-refractivity contribution in [2.45, 2.75) is 26.3 Å². The van der Waals surface area contributed by atoms with Gasteiger partial charge < -0.3 is 5.32 Å². The summed E-state index contributed by atoms with van der Waals surface area (Å²) in [6, 6.07) is 11.9. The van der Waals surface area contributed by atoms with E-state index >= 15 is 0 Å². The quantitative estimate of drug-likeness (QED) is 0.771. The lowest BCUT2D eigenvalue weighted by Crippen LogP contribution is -2.32. The van der Waals surface area contributed by atoms with E-state index in [1.807, 2.05) is 54.1 Å². The van der Waals surface area contributed by atoms with Crippen LogP contribution in [-0.4, -0.2) is 16.9 Å². The summed E-state index contributed by atoms with van der Waals surface area (Å²) in [6.07, 6.45) is 0.909. The molecule has 0 aliphatic heterocycles. The van der Waals surface area contributed by atoms with Gasteiger partial charge in [-0.05, 0) is 36.9 Å². The van der Waals surface area contributed by atoms with E-state index in [1.165, 1.54) is 0 Å². The van der Waals surface area contributed by atoms with E-state index in [9.17, 15) is 4.79 Å². The molecule has 1 atom stereocenters. The van der Waals surface area contributed by atoms with Crippen LogP contribution >= 0.6 is 11.3 Å². The maximum atomic E-state index is 12.6. The maximum absolute atomic E-state index is 12.6. The van der Waals surface area contributed by atoms with E-state index in [0.717, 1.165) is 28.6 Å². The summed E-state index contributed by atoms with van der Waals surface area (Å²) < 4.78 is 0. The Hall–Kier alpha value is -2.20. The van der Waals surface area contributed by atoms with E-state index in [2.05, 4.69) is 17.2 Å². The molecular weight excluding hydrogens is 292 g/mol. The standard InChI is InChI=1S/C18H18N2OS/c1-3-12(2)19-18(21)15-10-17(13-8-9-22-11-13)20-16-7-5-4-6-14(15)16/h4-12H,3H2,1-2H3,(H,19,21). The van der Waals surface area contributed by atoms with E-state index in [-0.39, 0.29) is 11.9 Å². The highest BCUT2D eigenvalue weighted by atomic mass is 32.1. The van der Waals surface area contributed by atoms with Crippen LogP contribution in [0.2, 0.25) is 0 Å². The molecule has 0 aliphatic rings. The molecule has 22 heavy (non-hydrogen) atoms. The van der Waals surface area contributed by atoms with Gasteiger partial charge >= 0.3 is 0 Å². The van der Waals surface area contributed by atoms with Gasteiger partial charge in [0.15, 0.2) is 0 Å². The number of carbonyl (C=O) groups is 1. The van der Waals surface area contributed by atoms with Gasteiger partial charge in [0.1, 0.15) is 0 Å². The minimum atomic E-state index is -0.0376. The van der Waals surface area contributed by atoms with Crippen molar-refractivity contribution in [2.24, 2.45) is 0 Å². The van der Waals surface area contributed by atoms with Crippen LogP contribution in [0.4, 0.5) is 0 Å². The second-order valence-corrected chi connectivity index (χ2v) is 6.15. The summed E-state index contributed by atoms with van der Waals surface area (Å²) in [5, 5.41) is 8.01. The van der Waals surface area contributed by atoms with Crippen LogP contribution in [0.15, 0.2) is 47.2 Å². The molecule has 3 aromatic rings. The molecule has 2 heterocycles. The van der Waals surface area contributed by atoms with Gasteiger partial charge in [-0.25, -0.2) is 4.98 Å². The maximum Gasteiger partial charge on any atom is 0.252 e. The average Bonchev–Trinajstić information content (AvgIpc) is 3.08. The summed E-state index contributed by atoms with van der Waals surface area (Å²) >= 11 is 1.63.